The topological polar surface area (TPSA) is 71.4 Å². The monoisotopic (exact) mass is 318 g/mol. The van der Waals surface area contributed by atoms with Gasteiger partial charge in [0.05, 0.1) is 17.4 Å². The van der Waals surface area contributed by atoms with E-state index in [2.05, 4.69) is 0 Å². The first-order valence-corrected chi connectivity index (χ1v) is 8.40. The minimum atomic E-state index is -3.30. The normalized spacial score (nSPS) is 22.9. The molecular formula is C14H16F2O4S. The zero-order valence-corrected chi connectivity index (χ0v) is 12.0. The first kappa shape index (κ1) is 15.9. The molecule has 2 atom stereocenters. The van der Waals surface area contributed by atoms with E-state index < -0.39 is 40.0 Å². The van der Waals surface area contributed by atoms with Gasteiger partial charge < -0.3 is 5.11 Å². The lowest BCUT2D eigenvalue weighted by molar-refractivity contribution is -0.148. The van der Waals surface area contributed by atoms with Crippen LogP contribution < -0.4 is 0 Å². The van der Waals surface area contributed by atoms with E-state index in [0.717, 1.165) is 0 Å². The van der Waals surface area contributed by atoms with Crippen LogP contribution in [0.25, 0.3) is 0 Å². The van der Waals surface area contributed by atoms with Crippen LogP contribution in [0.2, 0.25) is 0 Å². The number of aliphatic carboxylic acids is 1. The molecule has 0 bridgehead atoms. The maximum Gasteiger partial charge on any atom is 0.307 e. The van der Waals surface area contributed by atoms with Gasteiger partial charge in [-0.25, -0.2) is 17.2 Å². The van der Waals surface area contributed by atoms with Crippen molar-refractivity contribution in [1.82, 2.24) is 0 Å². The second-order valence-corrected chi connectivity index (χ2v) is 7.61. The van der Waals surface area contributed by atoms with Crippen molar-refractivity contribution in [1.29, 1.82) is 0 Å². The lowest BCUT2D eigenvalue weighted by atomic mass is 9.85. The summed E-state index contributed by atoms with van der Waals surface area (Å²) in [5.74, 6) is -7.23. The average Bonchev–Trinajstić information content (AvgIpc) is 2.77. The highest BCUT2D eigenvalue weighted by Gasteiger charge is 2.44. The molecular weight excluding hydrogens is 302 g/mol. The number of halogens is 2. The first-order valence-electron chi connectivity index (χ1n) is 6.58. The highest BCUT2D eigenvalue weighted by atomic mass is 32.2. The quantitative estimate of drug-likeness (QED) is 0.904. The van der Waals surface area contributed by atoms with Crippen LogP contribution in [0.1, 0.15) is 18.4 Å². The molecule has 0 radical (unpaired) electrons. The fraction of sp³-hybridized carbons (Fsp3) is 0.500. The summed E-state index contributed by atoms with van der Waals surface area (Å²) in [6, 6.07) is 6.99. The van der Waals surface area contributed by atoms with Gasteiger partial charge in [-0.05, 0) is 12.3 Å². The van der Waals surface area contributed by atoms with E-state index in [9.17, 15) is 27.1 Å². The zero-order valence-electron chi connectivity index (χ0n) is 11.2. The van der Waals surface area contributed by atoms with Gasteiger partial charge in [-0.2, -0.15) is 0 Å². The number of sulfone groups is 1. The SMILES string of the molecule is O=C(O)C(CC(F)(F)c1ccccc1)C1CCS(=O)(=O)C1. The number of alkyl halides is 2. The third kappa shape index (κ3) is 3.78. The van der Waals surface area contributed by atoms with Crippen LogP contribution in [-0.4, -0.2) is 31.0 Å². The van der Waals surface area contributed by atoms with Crippen LogP contribution in [0, 0.1) is 11.8 Å². The molecule has 1 aliphatic rings. The molecule has 7 heteroatoms. The summed E-state index contributed by atoms with van der Waals surface area (Å²) in [6.45, 7) is 0. The van der Waals surface area contributed by atoms with Crippen molar-refractivity contribution < 1.29 is 27.1 Å². The van der Waals surface area contributed by atoms with Crippen molar-refractivity contribution in [3.8, 4) is 0 Å². The number of hydrogen-bond acceptors (Lipinski definition) is 3. The Labute approximate surface area is 121 Å². The Bertz CT molecular complexity index is 613. The molecule has 0 amide bonds. The molecule has 2 unspecified atom stereocenters. The predicted octanol–water partition coefficient (Wildman–Crippen LogP) is 2.30. The lowest BCUT2D eigenvalue weighted by Gasteiger charge is -2.24. The number of carboxylic acid groups (broad SMARTS) is 1. The summed E-state index contributed by atoms with van der Waals surface area (Å²) in [7, 11) is -3.30. The van der Waals surface area contributed by atoms with E-state index in [-0.39, 0.29) is 23.5 Å². The lowest BCUT2D eigenvalue weighted by Crippen LogP contribution is -2.30. The molecule has 0 spiro atoms. The third-order valence-electron chi connectivity index (χ3n) is 3.83. The van der Waals surface area contributed by atoms with Crippen molar-refractivity contribution in [3.05, 3.63) is 35.9 Å². The highest BCUT2D eigenvalue weighted by molar-refractivity contribution is 7.91. The Morgan fingerprint density at radius 1 is 1.33 bits per heavy atom. The minimum absolute atomic E-state index is 0.127. The Kier molecular flexibility index (Phi) is 4.32. The molecule has 1 fully saturated rings. The minimum Gasteiger partial charge on any atom is -0.481 e. The second-order valence-electron chi connectivity index (χ2n) is 5.38. The summed E-state index contributed by atoms with van der Waals surface area (Å²) in [4.78, 5) is 11.3. The Morgan fingerprint density at radius 2 is 1.95 bits per heavy atom. The summed E-state index contributed by atoms with van der Waals surface area (Å²) in [5, 5.41) is 9.19. The molecule has 1 heterocycles. The number of hydrogen-bond donors (Lipinski definition) is 1. The highest BCUT2D eigenvalue weighted by Crippen LogP contribution is 2.39. The van der Waals surface area contributed by atoms with Crippen molar-refractivity contribution >= 4 is 15.8 Å². The molecule has 0 saturated carbocycles. The van der Waals surface area contributed by atoms with Gasteiger partial charge in [-0.1, -0.05) is 30.3 Å². The van der Waals surface area contributed by atoms with Crippen molar-refractivity contribution in [2.45, 2.75) is 18.8 Å². The van der Waals surface area contributed by atoms with Gasteiger partial charge in [0.2, 0.25) is 0 Å². The van der Waals surface area contributed by atoms with Crippen LogP contribution in [0.4, 0.5) is 8.78 Å². The van der Waals surface area contributed by atoms with E-state index in [1.165, 1.54) is 24.3 Å². The Hall–Kier alpha value is -1.50. The molecule has 4 nitrogen and oxygen atoms in total. The summed E-state index contributed by atoms with van der Waals surface area (Å²) >= 11 is 0. The van der Waals surface area contributed by atoms with Gasteiger partial charge >= 0.3 is 5.97 Å². The maximum atomic E-state index is 14.2. The number of benzene rings is 1. The van der Waals surface area contributed by atoms with E-state index >= 15 is 0 Å². The number of rotatable bonds is 5. The predicted molar refractivity (Wildman–Crippen MR) is 72.8 cm³/mol. The number of carbonyl (C=O) groups is 1. The molecule has 1 N–H and O–H groups in total. The van der Waals surface area contributed by atoms with Crippen LogP contribution in [0.15, 0.2) is 30.3 Å². The van der Waals surface area contributed by atoms with Crippen molar-refractivity contribution in [3.63, 3.8) is 0 Å². The van der Waals surface area contributed by atoms with Crippen molar-refractivity contribution in [2.24, 2.45) is 11.8 Å². The van der Waals surface area contributed by atoms with Crippen molar-refractivity contribution in [2.75, 3.05) is 11.5 Å². The smallest absolute Gasteiger partial charge is 0.307 e. The fourth-order valence-corrected chi connectivity index (χ4v) is 4.55. The van der Waals surface area contributed by atoms with Crippen LogP contribution in [0.3, 0.4) is 0 Å². The number of carboxylic acids is 1. The molecule has 1 aromatic rings. The Balaban J connectivity index is 2.19. The van der Waals surface area contributed by atoms with E-state index in [4.69, 9.17) is 0 Å². The second kappa shape index (κ2) is 5.71. The van der Waals surface area contributed by atoms with Gasteiger partial charge in [0.25, 0.3) is 5.92 Å². The van der Waals surface area contributed by atoms with Gasteiger partial charge in [-0.15, -0.1) is 0 Å². The van der Waals surface area contributed by atoms with E-state index in [0.29, 0.717) is 0 Å². The molecule has 0 aromatic heterocycles. The molecule has 21 heavy (non-hydrogen) atoms. The van der Waals surface area contributed by atoms with Crippen LogP contribution >= 0.6 is 0 Å². The van der Waals surface area contributed by atoms with Gasteiger partial charge in [-0.3, -0.25) is 4.79 Å². The Morgan fingerprint density at radius 3 is 2.43 bits per heavy atom. The average molecular weight is 318 g/mol. The third-order valence-corrected chi connectivity index (χ3v) is 5.62. The summed E-state index contributed by atoms with van der Waals surface area (Å²) in [6.07, 6.45) is -0.753. The summed E-state index contributed by atoms with van der Waals surface area (Å²) < 4.78 is 51.2. The molecule has 0 aliphatic carbocycles. The van der Waals surface area contributed by atoms with E-state index in [1.54, 1.807) is 6.07 Å². The maximum absolute atomic E-state index is 14.2. The van der Waals surface area contributed by atoms with Gasteiger partial charge in [0, 0.05) is 12.0 Å². The molecule has 116 valence electrons. The van der Waals surface area contributed by atoms with Crippen LogP contribution in [0.5, 0.6) is 0 Å². The van der Waals surface area contributed by atoms with E-state index in [1.807, 2.05) is 0 Å². The van der Waals surface area contributed by atoms with Crippen LogP contribution in [-0.2, 0) is 20.6 Å². The molecule has 2 rings (SSSR count). The standard InChI is InChI=1S/C14H16F2O4S/c15-14(16,11-4-2-1-3-5-11)8-12(13(17)18)10-6-7-21(19,20)9-10/h1-5,10,12H,6-9H2,(H,17,18). The molecule has 1 aromatic carbocycles. The molecule has 1 aliphatic heterocycles. The first-order chi connectivity index (χ1) is 9.71. The summed E-state index contributed by atoms with van der Waals surface area (Å²) in [5.41, 5.74) is -0.253. The fourth-order valence-electron chi connectivity index (χ4n) is 2.67. The zero-order chi connectivity index (χ0) is 15.7. The largest absolute Gasteiger partial charge is 0.481 e. The van der Waals surface area contributed by atoms with Gasteiger partial charge in [0.1, 0.15) is 0 Å². The van der Waals surface area contributed by atoms with Gasteiger partial charge in [0.15, 0.2) is 9.84 Å². The molecule has 1 saturated heterocycles.